The summed E-state index contributed by atoms with van der Waals surface area (Å²) >= 11 is 3.65. The molecule has 0 spiro atoms. The van der Waals surface area contributed by atoms with Crippen molar-refractivity contribution in [2.75, 3.05) is 25.7 Å². The molecule has 4 rings (SSSR count). The summed E-state index contributed by atoms with van der Waals surface area (Å²) in [6.45, 7) is 6.54. The van der Waals surface area contributed by atoms with Crippen LogP contribution in [0.25, 0.3) is 16.3 Å². The van der Waals surface area contributed by atoms with Gasteiger partial charge >= 0.3 is 0 Å². The number of thioether (sulfide) groups is 1. The number of benzene rings is 2. The van der Waals surface area contributed by atoms with E-state index in [0.717, 1.165) is 24.6 Å². The number of hydrogen-bond donors (Lipinski definition) is 0. The van der Waals surface area contributed by atoms with Gasteiger partial charge in [-0.3, -0.25) is 0 Å². The van der Waals surface area contributed by atoms with Crippen molar-refractivity contribution in [2.45, 2.75) is 51.0 Å². The Morgan fingerprint density at radius 1 is 0.970 bits per heavy atom. The van der Waals surface area contributed by atoms with Gasteiger partial charge < -0.3 is 14.4 Å². The topological polar surface area (TPSA) is 25.6 Å². The number of methoxy groups -OCH3 is 2. The maximum Gasteiger partial charge on any atom is 0.262 e. The number of thiazole rings is 1. The molecule has 0 radical (unpaired) electrons. The lowest BCUT2D eigenvalue weighted by molar-refractivity contribution is -0.669. The van der Waals surface area contributed by atoms with E-state index in [1.807, 2.05) is 23.1 Å². The molecule has 33 heavy (non-hydrogen) atoms. The standard InChI is InChI=1S/C27H33N2O2S2/c1-5-7-16-28-22-14-12-20(30-3)18-24(22)32-26(28)10-9-11-27-29(17-8-6-2)23-15-13-21(31-4)19-25(23)33-27/h9-15,18-19H,5-8,16-17H2,1-4H3/q+1. The van der Waals surface area contributed by atoms with E-state index in [-0.39, 0.29) is 0 Å². The molecule has 0 unspecified atom stereocenters. The van der Waals surface area contributed by atoms with E-state index in [1.54, 1.807) is 14.2 Å². The summed E-state index contributed by atoms with van der Waals surface area (Å²) in [5, 5.41) is 2.54. The SMILES string of the molecule is CCCCN1/C(=C\C=C\c2sc3cc(OC)ccc3[n+]2CCCC)Sc2cc(OC)ccc21. The Labute approximate surface area is 205 Å². The summed E-state index contributed by atoms with van der Waals surface area (Å²) in [4.78, 5) is 3.70. The Kier molecular flexibility index (Phi) is 7.99. The van der Waals surface area contributed by atoms with Crippen LogP contribution in [-0.4, -0.2) is 20.8 Å². The normalized spacial score (nSPS) is 14.5. The van der Waals surface area contributed by atoms with Crippen LogP contribution < -0.4 is 18.9 Å². The van der Waals surface area contributed by atoms with E-state index >= 15 is 0 Å². The highest BCUT2D eigenvalue weighted by Gasteiger charge is 2.25. The maximum absolute atomic E-state index is 5.45. The van der Waals surface area contributed by atoms with E-state index in [0.29, 0.717) is 0 Å². The van der Waals surface area contributed by atoms with Crippen LogP contribution in [-0.2, 0) is 6.54 Å². The Hall–Kier alpha value is -2.44. The third-order valence-electron chi connectivity index (χ3n) is 5.82. The van der Waals surface area contributed by atoms with Crippen LogP contribution in [0.2, 0.25) is 0 Å². The molecule has 174 valence electrons. The summed E-state index contributed by atoms with van der Waals surface area (Å²) in [7, 11) is 3.45. The van der Waals surface area contributed by atoms with E-state index in [2.05, 4.69) is 77.9 Å². The zero-order valence-corrected chi connectivity index (χ0v) is 21.6. The largest absolute Gasteiger partial charge is 0.497 e. The fraction of sp³-hybridized carbons (Fsp3) is 0.370. The number of ether oxygens (including phenoxy) is 2. The van der Waals surface area contributed by atoms with Gasteiger partial charge in [0.1, 0.15) is 16.2 Å². The van der Waals surface area contributed by atoms with Crippen molar-refractivity contribution in [1.29, 1.82) is 0 Å². The molecule has 4 nitrogen and oxygen atoms in total. The van der Waals surface area contributed by atoms with Crippen LogP contribution in [0.4, 0.5) is 5.69 Å². The number of nitrogens with zero attached hydrogens (tertiary/aromatic N) is 2. The molecule has 2 heterocycles. The van der Waals surface area contributed by atoms with Crippen LogP contribution in [0.15, 0.2) is 58.5 Å². The minimum Gasteiger partial charge on any atom is -0.497 e. The third kappa shape index (κ3) is 5.22. The number of hydrogen-bond acceptors (Lipinski definition) is 5. The highest BCUT2D eigenvalue weighted by molar-refractivity contribution is 8.03. The zero-order valence-electron chi connectivity index (χ0n) is 20.0. The predicted molar refractivity (Wildman–Crippen MR) is 142 cm³/mol. The van der Waals surface area contributed by atoms with Gasteiger partial charge in [0, 0.05) is 36.1 Å². The second kappa shape index (κ2) is 11.1. The minimum atomic E-state index is 0.908. The van der Waals surface area contributed by atoms with E-state index in [9.17, 15) is 0 Å². The van der Waals surface area contributed by atoms with Crippen LogP contribution >= 0.6 is 23.1 Å². The number of aromatic nitrogens is 1. The number of anilines is 1. The van der Waals surface area contributed by atoms with Gasteiger partial charge in [-0.25, -0.2) is 0 Å². The Balaban J connectivity index is 1.64. The Bertz CT molecular complexity index is 1170. The molecule has 1 aliphatic heterocycles. The molecule has 6 heteroatoms. The Morgan fingerprint density at radius 3 is 2.48 bits per heavy atom. The van der Waals surface area contributed by atoms with Crippen molar-refractivity contribution < 1.29 is 14.0 Å². The summed E-state index contributed by atoms with van der Waals surface area (Å²) < 4.78 is 14.6. The maximum atomic E-state index is 5.45. The van der Waals surface area contributed by atoms with Gasteiger partial charge in [0.25, 0.3) is 5.01 Å². The first-order valence-electron chi connectivity index (χ1n) is 11.7. The lowest BCUT2D eigenvalue weighted by Gasteiger charge is -2.20. The second-order valence-corrected chi connectivity index (χ2v) is 10.2. The fourth-order valence-corrected chi connectivity index (χ4v) is 6.24. The monoisotopic (exact) mass is 481 g/mol. The van der Waals surface area contributed by atoms with Gasteiger partial charge in [0.15, 0.2) is 6.54 Å². The number of fused-ring (bicyclic) bond motifs is 2. The molecule has 0 fully saturated rings. The van der Waals surface area contributed by atoms with Crippen molar-refractivity contribution in [3.8, 4) is 11.5 Å². The first-order valence-corrected chi connectivity index (χ1v) is 13.3. The molecule has 0 saturated carbocycles. The number of rotatable bonds is 10. The predicted octanol–water partition coefficient (Wildman–Crippen LogP) is 7.27. The lowest BCUT2D eigenvalue weighted by Crippen LogP contribution is -2.34. The quantitative estimate of drug-likeness (QED) is 0.284. The van der Waals surface area contributed by atoms with Crippen LogP contribution in [0.3, 0.4) is 0 Å². The summed E-state index contributed by atoms with van der Waals surface area (Å²) in [6, 6.07) is 12.8. The molecule has 0 amide bonds. The average molecular weight is 482 g/mol. The molecule has 2 aromatic carbocycles. The smallest absolute Gasteiger partial charge is 0.262 e. The van der Waals surface area contributed by atoms with Crippen molar-refractivity contribution in [1.82, 2.24) is 0 Å². The second-order valence-electron chi connectivity index (χ2n) is 8.08. The minimum absolute atomic E-state index is 0.908. The van der Waals surface area contributed by atoms with E-state index in [1.165, 1.54) is 56.5 Å². The number of allylic oxidation sites excluding steroid dienone is 2. The molecule has 3 aromatic rings. The summed E-state index contributed by atoms with van der Waals surface area (Å²) in [5.41, 5.74) is 2.56. The van der Waals surface area contributed by atoms with Gasteiger partial charge in [-0.1, -0.05) is 55.9 Å². The van der Waals surface area contributed by atoms with Gasteiger partial charge in [0.2, 0.25) is 5.52 Å². The summed E-state index contributed by atoms with van der Waals surface area (Å²) in [5.74, 6) is 1.82. The van der Waals surface area contributed by atoms with E-state index in [4.69, 9.17) is 9.47 Å². The highest BCUT2D eigenvalue weighted by Crippen LogP contribution is 2.47. The first kappa shape index (κ1) is 23.7. The van der Waals surface area contributed by atoms with Crippen molar-refractivity contribution in [3.63, 3.8) is 0 Å². The molecule has 0 atom stereocenters. The number of aryl methyl sites for hydroxylation is 1. The zero-order chi connectivity index (χ0) is 23.2. The van der Waals surface area contributed by atoms with Gasteiger partial charge in [0.05, 0.1) is 24.9 Å². The molecule has 0 aliphatic carbocycles. The fourth-order valence-electron chi connectivity index (χ4n) is 3.98. The lowest BCUT2D eigenvalue weighted by atomic mass is 10.2. The molecule has 0 saturated heterocycles. The van der Waals surface area contributed by atoms with Crippen molar-refractivity contribution in [2.24, 2.45) is 0 Å². The molecule has 0 bridgehead atoms. The molecule has 1 aliphatic rings. The third-order valence-corrected chi connectivity index (χ3v) is 8.05. The summed E-state index contributed by atoms with van der Waals surface area (Å²) in [6.07, 6.45) is 11.4. The molecular formula is C27H33N2O2S2+. The van der Waals surface area contributed by atoms with Crippen LogP contribution in [0, 0.1) is 0 Å². The van der Waals surface area contributed by atoms with Crippen molar-refractivity contribution >= 4 is 45.1 Å². The highest BCUT2D eigenvalue weighted by atomic mass is 32.2. The Morgan fingerprint density at radius 2 is 1.73 bits per heavy atom. The number of unbranched alkanes of at least 4 members (excludes halogenated alkanes) is 2. The van der Waals surface area contributed by atoms with E-state index < -0.39 is 0 Å². The van der Waals surface area contributed by atoms with Crippen LogP contribution in [0.1, 0.15) is 44.5 Å². The molecule has 0 N–H and O–H groups in total. The molecular weight excluding hydrogens is 448 g/mol. The first-order chi connectivity index (χ1) is 16.2. The van der Waals surface area contributed by atoms with Gasteiger partial charge in [-0.05, 0) is 36.8 Å². The molecule has 1 aromatic heterocycles. The van der Waals surface area contributed by atoms with Crippen LogP contribution in [0.5, 0.6) is 11.5 Å². The van der Waals surface area contributed by atoms with Crippen molar-refractivity contribution in [3.05, 3.63) is 58.6 Å². The average Bonchev–Trinajstić information content (AvgIpc) is 3.37. The van der Waals surface area contributed by atoms with Gasteiger partial charge in [-0.15, -0.1) is 0 Å². The van der Waals surface area contributed by atoms with Gasteiger partial charge in [-0.2, -0.15) is 4.57 Å².